The molecule has 0 saturated carbocycles. The maximum absolute atomic E-state index is 13.2. The molecular formula is C10H8F2O5S. The lowest BCUT2D eigenvalue weighted by molar-refractivity contribution is 0.0565. The van der Waals surface area contributed by atoms with Gasteiger partial charge in [0.2, 0.25) is 5.78 Å². The van der Waals surface area contributed by atoms with Crippen molar-refractivity contribution in [2.24, 2.45) is 0 Å². The Bertz CT molecular complexity index is 555. The minimum Gasteiger partial charge on any atom is -0.465 e. The fraction of sp³-hybridized carbons (Fsp3) is 0.200. The molecule has 0 bridgehead atoms. The third-order valence-corrected chi connectivity index (χ3v) is 3.75. The summed E-state index contributed by atoms with van der Waals surface area (Å²) in [5.41, 5.74) is -0.425. The molecule has 0 fully saturated rings. The Hall–Kier alpha value is -1.67. The minimum absolute atomic E-state index is 0. The second kappa shape index (κ2) is 4.54. The predicted molar refractivity (Wildman–Crippen MR) is 57.1 cm³/mol. The molecule has 0 spiro atoms. The van der Waals surface area contributed by atoms with Gasteiger partial charge < -0.3 is 10.2 Å². The van der Waals surface area contributed by atoms with E-state index in [1.165, 1.54) is 6.07 Å². The van der Waals surface area contributed by atoms with E-state index < -0.39 is 33.4 Å². The van der Waals surface area contributed by atoms with Gasteiger partial charge in [-0.25, -0.2) is 9.00 Å². The molecule has 0 amide bonds. The highest BCUT2D eigenvalue weighted by Gasteiger charge is 2.54. The summed E-state index contributed by atoms with van der Waals surface area (Å²) < 4.78 is 42.0. The zero-order chi connectivity index (χ0) is 12.8. The van der Waals surface area contributed by atoms with Crippen molar-refractivity contribution in [3.8, 4) is 0 Å². The average Bonchev–Trinajstić information content (AvgIpc) is 2.50. The number of carbonyl (C=O) groups excluding carboxylic acids is 2. The Labute approximate surface area is 103 Å². The summed E-state index contributed by atoms with van der Waals surface area (Å²) in [5.74, 6) is -2.28. The Kier molecular flexibility index (Phi) is 3.63. The summed E-state index contributed by atoms with van der Waals surface area (Å²) >= 11 is 0. The van der Waals surface area contributed by atoms with Gasteiger partial charge in [-0.05, 0) is 18.2 Å². The van der Waals surface area contributed by atoms with Crippen LogP contribution in [0.2, 0.25) is 0 Å². The van der Waals surface area contributed by atoms with E-state index >= 15 is 0 Å². The first-order chi connectivity index (χ1) is 7.89. The molecule has 5 nitrogen and oxygen atoms in total. The number of benzene rings is 1. The molecule has 2 N–H and O–H groups in total. The van der Waals surface area contributed by atoms with E-state index in [1.54, 1.807) is 0 Å². The van der Waals surface area contributed by atoms with E-state index in [-0.39, 0.29) is 15.9 Å². The molecular weight excluding hydrogens is 270 g/mol. The molecule has 2 rings (SSSR count). The first-order valence-corrected chi connectivity index (χ1v) is 5.61. The van der Waals surface area contributed by atoms with Gasteiger partial charge in [-0.3, -0.25) is 4.79 Å². The van der Waals surface area contributed by atoms with Crippen LogP contribution in [-0.2, 0) is 15.5 Å². The number of halogens is 2. The molecule has 8 heteroatoms. The number of esters is 1. The van der Waals surface area contributed by atoms with Crippen LogP contribution in [0.5, 0.6) is 0 Å². The van der Waals surface area contributed by atoms with Crippen LogP contribution >= 0.6 is 0 Å². The molecule has 1 aromatic rings. The Balaban J connectivity index is 0.00000162. The highest BCUT2D eigenvalue weighted by molar-refractivity contribution is 7.87. The van der Waals surface area contributed by atoms with E-state index in [1.807, 2.05) is 0 Å². The van der Waals surface area contributed by atoms with E-state index in [4.69, 9.17) is 0 Å². The molecule has 1 aliphatic rings. The molecule has 1 heterocycles. The van der Waals surface area contributed by atoms with Crippen LogP contribution in [0.4, 0.5) is 8.78 Å². The van der Waals surface area contributed by atoms with Crippen molar-refractivity contribution in [3.05, 3.63) is 29.3 Å². The third kappa shape index (κ3) is 1.83. The monoisotopic (exact) mass is 278 g/mol. The molecule has 1 aliphatic heterocycles. The maximum Gasteiger partial charge on any atom is 0.387 e. The van der Waals surface area contributed by atoms with Crippen molar-refractivity contribution < 1.29 is 32.8 Å². The topological polar surface area (TPSA) is 91.9 Å². The van der Waals surface area contributed by atoms with Crippen LogP contribution in [0.1, 0.15) is 20.7 Å². The normalized spacial score (nSPS) is 19.9. The van der Waals surface area contributed by atoms with Gasteiger partial charge in [0.25, 0.3) is 0 Å². The number of fused-ring (bicyclic) bond motifs is 1. The van der Waals surface area contributed by atoms with Gasteiger partial charge >= 0.3 is 11.2 Å². The molecule has 18 heavy (non-hydrogen) atoms. The molecule has 0 radical (unpaired) electrons. The first-order valence-electron chi connectivity index (χ1n) is 4.46. The Morgan fingerprint density at radius 2 is 2.00 bits per heavy atom. The predicted octanol–water partition coefficient (Wildman–Crippen LogP) is 0.545. The Morgan fingerprint density at radius 3 is 2.56 bits per heavy atom. The summed E-state index contributed by atoms with van der Waals surface area (Å²) in [6.07, 6.45) is 0. The van der Waals surface area contributed by atoms with Gasteiger partial charge in [0.05, 0.1) is 17.6 Å². The maximum atomic E-state index is 13.2. The number of carbonyl (C=O) groups is 2. The molecule has 0 aromatic heterocycles. The van der Waals surface area contributed by atoms with Crippen molar-refractivity contribution in [2.45, 2.75) is 10.2 Å². The van der Waals surface area contributed by atoms with Crippen molar-refractivity contribution in [2.75, 3.05) is 7.11 Å². The van der Waals surface area contributed by atoms with Crippen LogP contribution in [-0.4, -0.2) is 33.8 Å². The van der Waals surface area contributed by atoms with E-state index in [0.29, 0.717) is 0 Å². The number of ether oxygens (including phenoxy) is 1. The fourth-order valence-corrected chi connectivity index (χ4v) is 2.59. The molecule has 1 atom stereocenters. The Morgan fingerprint density at radius 1 is 1.39 bits per heavy atom. The fourth-order valence-electron chi connectivity index (χ4n) is 1.49. The van der Waals surface area contributed by atoms with E-state index in [0.717, 1.165) is 19.2 Å². The standard InChI is InChI=1S/C10H6F2O4S.H2O/c1-16-9(14)5-2-3-7-6(4-5)8(13)10(11,12)17(7)15;/h2-4H,1H3;1H2. The zero-order valence-corrected chi connectivity index (χ0v) is 9.85. The average molecular weight is 278 g/mol. The van der Waals surface area contributed by atoms with Gasteiger partial charge in [0.15, 0.2) is 0 Å². The van der Waals surface area contributed by atoms with Gasteiger partial charge in [-0.2, -0.15) is 8.78 Å². The first kappa shape index (κ1) is 14.4. The smallest absolute Gasteiger partial charge is 0.387 e. The second-order valence-electron chi connectivity index (χ2n) is 3.32. The molecule has 0 aliphatic carbocycles. The molecule has 1 unspecified atom stereocenters. The van der Waals surface area contributed by atoms with Crippen LogP contribution in [0, 0.1) is 0 Å². The quantitative estimate of drug-likeness (QED) is 0.701. The number of alkyl halides is 2. The number of rotatable bonds is 1. The van der Waals surface area contributed by atoms with Crippen molar-refractivity contribution in [1.29, 1.82) is 0 Å². The van der Waals surface area contributed by atoms with Crippen molar-refractivity contribution in [1.82, 2.24) is 0 Å². The largest absolute Gasteiger partial charge is 0.465 e. The van der Waals surface area contributed by atoms with E-state index in [2.05, 4.69) is 4.74 Å². The van der Waals surface area contributed by atoms with Crippen LogP contribution in [0.15, 0.2) is 23.1 Å². The molecule has 0 saturated heterocycles. The lowest BCUT2D eigenvalue weighted by Gasteiger charge is -2.02. The van der Waals surface area contributed by atoms with E-state index in [9.17, 15) is 22.6 Å². The molecule has 1 aromatic carbocycles. The lowest BCUT2D eigenvalue weighted by atomic mass is 10.1. The van der Waals surface area contributed by atoms with Crippen molar-refractivity contribution >= 4 is 22.6 Å². The third-order valence-electron chi connectivity index (χ3n) is 2.34. The van der Waals surface area contributed by atoms with Crippen LogP contribution in [0.25, 0.3) is 0 Å². The number of hydrogen-bond acceptors (Lipinski definition) is 4. The number of Topliss-reactive ketones (excluding diaryl/α,β-unsaturated/α-hetero) is 1. The van der Waals surface area contributed by atoms with Gasteiger partial charge in [0.1, 0.15) is 10.8 Å². The SMILES string of the molecule is COC(=O)c1ccc2c(c1)C(=O)C(F)(F)S2=O.O. The van der Waals surface area contributed by atoms with Crippen LogP contribution < -0.4 is 0 Å². The summed E-state index contributed by atoms with van der Waals surface area (Å²) in [5, 5.41) is -3.92. The molecule has 98 valence electrons. The van der Waals surface area contributed by atoms with Crippen LogP contribution in [0.3, 0.4) is 0 Å². The summed E-state index contributed by atoms with van der Waals surface area (Å²) in [6.45, 7) is 0. The lowest BCUT2D eigenvalue weighted by Crippen LogP contribution is -2.26. The van der Waals surface area contributed by atoms with Gasteiger partial charge in [-0.1, -0.05) is 0 Å². The highest BCUT2D eigenvalue weighted by Crippen LogP contribution is 2.38. The summed E-state index contributed by atoms with van der Waals surface area (Å²) in [6, 6.07) is 3.25. The zero-order valence-electron chi connectivity index (χ0n) is 9.03. The number of ketones is 1. The minimum atomic E-state index is -3.92. The van der Waals surface area contributed by atoms with Crippen molar-refractivity contribution in [3.63, 3.8) is 0 Å². The number of methoxy groups -OCH3 is 1. The van der Waals surface area contributed by atoms with Gasteiger partial charge in [-0.15, -0.1) is 0 Å². The number of hydrogen-bond donors (Lipinski definition) is 0. The van der Waals surface area contributed by atoms with Gasteiger partial charge in [0, 0.05) is 5.56 Å². The second-order valence-corrected chi connectivity index (χ2v) is 4.81. The summed E-state index contributed by atoms with van der Waals surface area (Å²) in [7, 11) is -1.57. The summed E-state index contributed by atoms with van der Waals surface area (Å²) in [4.78, 5) is 22.2. The highest BCUT2D eigenvalue weighted by atomic mass is 32.2.